The molecule has 0 radical (unpaired) electrons. The van der Waals surface area contributed by atoms with Crippen LogP contribution >= 0.6 is 0 Å². The minimum atomic E-state index is 0.219. The number of Topliss-reactive ketones (excluding diaryl/α,β-unsaturated/α-hetero) is 1. The lowest BCUT2D eigenvalue weighted by molar-refractivity contribution is 0.0912. The molecule has 0 aromatic heterocycles. The van der Waals surface area contributed by atoms with Crippen LogP contribution in [0.1, 0.15) is 38.1 Å². The van der Waals surface area contributed by atoms with Crippen molar-refractivity contribution in [2.24, 2.45) is 11.8 Å². The van der Waals surface area contributed by atoms with E-state index in [0.29, 0.717) is 18.4 Å². The van der Waals surface area contributed by atoms with Crippen LogP contribution in [0.15, 0.2) is 30.3 Å². The van der Waals surface area contributed by atoms with E-state index in [1.54, 1.807) is 0 Å². The van der Waals surface area contributed by atoms with Gasteiger partial charge in [-0.1, -0.05) is 58.0 Å². The molecule has 0 aliphatic heterocycles. The number of hydrogen-bond acceptors (Lipinski definition) is 2. The first-order valence-corrected chi connectivity index (χ1v) is 6.79. The Morgan fingerprint density at radius 2 is 1.50 bits per heavy atom. The van der Waals surface area contributed by atoms with Gasteiger partial charge in [0, 0.05) is 18.7 Å². The molecule has 0 bridgehead atoms. The highest BCUT2D eigenvalue weighted by Gasteiger charge is 2.14. The molecule has 0 unspecified atom stereocenters. The summed E-state index contributed by atoms with van der Waals surface area (Å²) in [6.45, 7) is 11.3. The number of carbonyl (C=O) groups is 1. The maximum atomic E-state index is 12.2. The Kier molecular flexibility index (Phi) is 6.06. The first-order chi connectivity index (χ1) is 8.49. The fraction of sp³-hybridized carbons (Fsp3) is 0.562. The number of carbonyl (C=O) groups excluding carboxylic acids is 1. The standard InChI is InChI=1S/C16H25NO/c1-13(2)10-17(11-14(3)4)12-16(18)15-8-6-5-7-9-15/h5-9,13-14H,10-12H2,1-4H3. The van der Waals surface area contributed by atoms with Gasteiger partial charge in [-0.05, 0) is 11.8 Å². The Morgan fingerprint density at radius 1 is 1.00 bits per heavy atom. The van der Waals surface area contributed by atoms with E-state index in [2.05, 4.69) is 32.6 Å². The van der Waals surface area contributed by atoms with Crippen molar-refractivity contribution in [3.05, 3.63) is 35.9 Å². The van der Waals surface area contributed by atoms with E-state index in [1.807, 2.05) is 30.3 Å². The molecule has 2 heteroatoms. The summed E-state index contributed by atoms with van der Waals surface area (Å²) in [5.74, 6) is 1.40. The van der Waals surface area contributed by atoms with Gasteiger partial charge in [-0.2, -0.15) is 0 Å². The summed E-state index contributed by atoms with van der Waals surface area (Å²) in [6, 6.07) is 9.57. The lowest BCUT2D eigenvalue weighted by atomic mass is 10.1. The predicted octanol–water partition coefficient (Wildman–Crippen LogP) is 3.48. The van der Waals surface area contributed by atoms with Gasteiger partial charge in [0.2, 0.25) is 0 Å². The van der Waals surface area contributed by atoms with Gasteiger partial charge in [-0.15, -0.1) is 0 Å². The second-order valence-corrected chi connectivity index (χ2v) is 5.77. The molecule has 0 fully saturated rings. The van der Waals surface area contributed by atoms with Gasteiger partial charge in [0.25, 0.3) is 0 Å². The molecule has 100 valence electrons. The van der Waals surface area contributed by atoms with E-state index >= 15 is 0 Å². The van der Waals surface area contributed by atoms with Gasteiger partial charge in [-0.3, -0.25) is 9.69 Å². The van der Waals surface area contributed by atoms with Gasteiger partial charge >= 0.3 is 0 Å². The van der Waals surface area contributed by atoms with Crippen LogP contribution in [0.2, 0.25) is 0 Å². The zero-order chi connectivity index (χ0) is 13.5. The van der Waals surface area contributed by atoms with Crippen LogP contribution < -0.4 is 0 Å². The van der Waals surface area contributed by atoms with E-state index < -0.39 is 0 Å². The zero-order valence-corrected chi connectivity index (χ0v) is 12.0. The smallest absolute Gasteiger partial charge is 0.176 e. The maximum Gasteiger partial charge on any atom is 0.176 e. The van der Waals surface area contributed by atoms with Crippen molar-refractivity contribution in [1.82, 2.24) is 4.90 Å². The fourth-order valence-corrected chi connectivity index (χ4v) is 2.15. The SMILES string of the molecule is CC(C)CN(CC(=O)c1ccccc1)CC(C)C. The van der Waals surface area contributed by atoms with Crippen LogP contribution in [-0.4, -0.2) is 30.3 Å². The minimum absolute atomic E-state index is 0.219. The van der Waals surface area contributed by atoms with Gasteiger partial charge in [0.15, 0.2) is 5.78 Å². The van der Waals surface area contributed by atoms with E-state index in [1.165, 1.54) is 0 Å². The molecule has 0 atom stereocenters. The van der Waals surface area contributed by atoms with Gasteiger partial charge < -0.3 is 0 Å². The van der Waals surface area contributed by atoms with Gasteiger partial charge in [0.1, 0.15) is 0 Å². The van der Waals surface area contributed by atoms with Crippen molar-refractivity contribution >= 4 is 5.78 Å². The summed E-state index contributed by atoms with van der Waals surface area (Å²) in [4.78, 5) is 14.4. The van der Waals surface area contributed by atoms with E-state index in [4.69, 9.17) is 0 Å². The Hall–Kier alpha value is -1.15. The summed E-state index contributed by atoms with van der Waals surface area (Å²) in [5.41, 5.74) is 0.815. The van der Waals surface area contributed by atoms with Crippen LogP contribution in [0.4, 0.5) is 0 Å². The van der Waals surface area contributed by atoms with Crippen LogP contribution in [0.25, 0.3) is 0 Å². The molecule has 0 aliphatic rings. The average molecular weight is 247 g/mol. The van der Waals surface area contributed by atoms with Crippen molar-refractivity contribution in [1.29, 1.82) is 0 Å². The van der Waals surface area contributed by atoms with Crippen LogP contribution in [0, 0.1) is 11.8 Å². The third-order valence-electron chi connectivity index (χ3n) is 2.71. The maximum absolute atomic E-state index is 12.2. The lowest BCUT2D eigenvalue weighted by Crippen LogP contribution is -2.35. The molecule has 0 saturated heterocycles. The Balaban J connectivity index is 2.62. The van der Waals surface area contributed by atoms with Crippen molar-refractivity contribution in [3.63, 3.8) is 0 Å². The molecule has 2 nitrogen and oxygen atoms in total. The number of rotatable bonds is 7. The number of benzene rings is 1. The van der Waals surface area contributed by atoms with Crippen molar-refractivity contribution in [3.8, 4) is 0 Å². The zero-order valence-electron chi connectivity index (χ0n) is 12.0. The number of ketones is 1. The fourth-order valence-electron chi connectivity index (χ4n) is 2.15. The lowest BCUT2D eigenvalue weighted by Gasteiger charge is -2.25. The summed E-state index contributed by atoms with van der Waals surface area (Å²) < 4.78 is 0. The highest BCUT2D eigenvalue weighted by Crippen LogP contribution is 2.07. The summed E-state index contributed by atoms with van der Waals surface area (Å²) in [7, 11) is 0. The van der Waals surface area contributed by atoms with Crippen molar-refractivity contribution < 1.29 is 4.79 Å². The average Bonchev–Trinajstić information content (AvgIpc) is 2.28. The Morgan fingerprint density at radius 3 is 1.94 bits per heavy atom. The highest BCUT2D eigenvalue weighted by molar-refractivity contribution is 5.97. The quantitative estimate of drug-likeness (QED) is 0.687. The third-order valence-corrected chi connectivity index (χ3v) is 2.71. The normalized spacial score (nSPS) is 11.5. The van der Waals surface area contributed by atoms with Gasteiger partial charge in [0.05, 0.1) is 6.54 Å². The third kappa shape index (κ3) is 5.46. The minimum Gasteiger partial charge on any atom is -0.295 e. The molecular formula is C16H25NO. The Labute approximate surface area is 111 Å². The van der Waals surface area contributed by atoms with Crippen LogP contribution in [0.5, 0.6) is 0 Å². The largest absolute Gasteiger partial charge is 0.295 e. The monoisotopic (exact) mass is 247 g/mol. The molecule has 0 spiro atoms. The van der Waals surface area contributed by atoms with Gasteiger partial charge in [-0.25, -0.2) is 0 Å². The molecule has 18 heavy (non-hydrogen) atoms. The van der Waals surface area contributed by atoms with E-state index in [-0.39, 0.29) is 5.78 Å². The topological polar surface area (TPSA) is 20.3 Å². The number of nitrogens with zero attached hydrogens (tertiary/aromatic N) is 1. The molecule has 1 aromatic rings. The molecule has 1 rings (SSSR count). The van der Waals surface area contributed by atoms with Crippen molar-refractivity contribution in [2.75, 3.05) is 19.6 Å². The second-order valence-electron chi connectivity index (χ2n) is 5.77. The van der Waals surface area contributed by atoms with Crippen molar-refractivity contribution in [2.45, 2.75) is 27.7 Å². The number of hydrogen-bond donors (Lipinski definition) is 0. The molecule has 1 aromatic carbocycles. The Bertz CT molecular complexity index is 347. The first-order valence-electron chi connectivity index (χ1n) is 6.79. The van der Waals surface area contributed by atoms with Crippen LogP contribution in [-0.2, 0) is 0 Å². The van der Waals surface area contributed by atoms with E-state index in [9.17, 15) is 4.79 Å². The second kappa shape index (κ2) is 7.32. The molecule has 0 N–H and O–H groups in total. The predicted molar refractivity (Wildman–Crippen MR) is 76.9 cm³/mol. The summed E-state index contributed by atoms with van der Waals surface area (Å²) in [6.07, 6.45) is 0. The molecule has 0 aliphatic carbocycles. The molecule has 0 amide bonds. The van der Waals surface area contributed by atoms with Crippen LogP contribution in [0.3, 0.4) is 0 Å². The molecular weight excluding hydrogens is 222 g/mol. The molecule has 0 heterocycles. The summed E-state index contributed by atoms with van der Waals surface area (Å²) >= 11 is 0. The van der Waals surface area contributed by atoms with E-state index in [0.717, 1.165) is 18.7 Å². The highest BCUT2D eigenvalue weighted by atomic mass is 16.1. The molecule has 0 saturated carbocycles. The first kappa shape index (κ1) is 14.9. The summed E-state index contributed by atoms with van der Waals surface area (Å²) in [5, 5.41) is 0.